The molecule has 1 aromatic carbocycles. The number of nitrogens with zero attached hydrogens (tertiary/aromatic N) is 1. The van der Waals surface area contributed by atoms with Gasteiger partial charge in [-0.2, -0.15) is 0 Å². The fourth-order valence-corrected chi connectivity index (χ4v) is 2.59. The molecular weight excluding hydrogens is 251 g/mol. The Kier molecular flexibility index (Phi) is 4.98. The number of halogens is 2. The van der Waals surface area contributed by atoms with Gasteiger partial charge in [-0.1, -0.05) is 11.6 Å². The largest absolute Gasteiger partial charge is 0.316 e. The molecular formula is C14H20ClFN2. The molecule has 0 spiro atoms. The molecule has 0 saturated carbocycles. The summed E-state index contributed by atoms with van der Waals surface area (Å²) in [5.41, 5.74) is 0.676. The van der Waals surface area contributed by atoms with Crippen LogP contribution in [0.5, 0.6) is 0 Å². The van der Waals surface area contributed by atoms with Gasteiger partial charge in [0.25, 0.3) is 0 Å². The van der Waals surface area contributed by atoms with Crippen LogP contribution < -0.4 is 5.32 Å². The Labute approximate surface area is 113 Å². The quantitative estimate of drug-likeness (QED) is 0.885. The second-order valence-electron chi connectivity index (χ2n) is 5.12. The van der Waals surface area contributed by atoms with E-state index >= 15 is 0 Å². The number of hydrogen-bond donors (Lipinski definition) is 1. The minimum atomic E-state index is -0.172. The van der Waals surface area contributed by atoms with Crippen LogP contribution in [0.25, 0.3) is 0 Å². The highest BCUT2D eigenvalue weighted by atomic mass is 35.5. The Hall–Kier alpha value is -0.640. The maximum atomic E-state index is 13.6. The number of hydrogen-bond acceptors (Lipinski definition) is 2. The first-order chi connectivity index (χ1) is 8.65. The third-order valence-corrected chi connectivity index (χ3v) is 3.76. The van der Waals surface area contributed by atoms with Crippen LogP contribution in [0, 0.1) is 11.7 Å². The lowest BCUT2D eigenvalue weighted by Gasteiger charge is -2.19. The minimum absolute atomic E-state index is 0.172. The second-order valence-corrected chi connectivity index (χ2v) is 5.56. The van der Waals surface area contributed by atoms with Crippen LogP contribution in [-0.4, -0.2) is 31.6 Å². The molecule has 0 bridgehead atoms. The lowest BCUT2D eigenvalue weighted by atomic mass is 10.0. The van der Waals surface area contributed by atoms with E-state index in [2.05, 4.69) is 10.2 Å². The molecule has 18 heavy (non-hydrogen) atoms. The Morgan fingerprint density at radius 1 is 1.50 bits per heavy atom. The molecule has 1 saturated heterocycles. The number of rotatable bonds is 5. The van der Waals surface area contributed by atoms with Crippen molar-refractivity contribution in [3.05, 3.63) is 34.6 Å². The zero-order valence-corrected chi connectivity index (χ0v) is 11.5. The molecule has 2 rings (SSSR count). The van der Waals surface area contributed by atoms with Crippen LogP contribution in [-0.2, 0) is 6.54 Å². The highest BCUT2D eigenvalue weighted by molar-refractivity contribution is 6.30. The molecule has 0 aliphatic carbocycles. The smallest absolute Gasteiger partial charge is 0.127 e. The monoisotopic (exact) mass is 270 g/mol. The predicted octanol–water partition coefficient (Wildman–Crippen LogP) is 2.91. The summed E-state index contributed by atoms with van der Waals surface area (Å²) in [7, 11) is 2.03. The Morgan fingerprint density at radius 3 is 3.06 bits per heavy atom. The van der Waals surface area contributed by atoms with Crippen LogP contribution >= 0.6 is 11.6 Å². The standard InChI is InChI=1S/C14H20ClFN2/c1-18(7-5-11-4-6-17-9-11)10-12-8-13(15)2-3-14(12)16/h2-3,8,11,17H,4-7,9-10H2,1H3. The molecule has 2 nitrogen and oxygen atoms in total. The summed E-state index contributed by atoms with van der Waals surface area (Å²) in [5, 5.41) is 3.96. The normalized spacial score (nSPS) is 19.7. The summed E-state index contributed by atoms with van der Waals surface area (Å²) in [4.78, 5) is 2.16. The predicted molar refractivity (Wildman–Crippen MR) is 73.3 cm³/mol. The third kappa shape index (κ3) is 3.94. The van der Waals surface area contributed by atoms with E-state index in [0.29, 0.717) is 17.1 Å². The average Bonchev–Trinajstić information content (AvgIpc) is 2.84. The van der Waals surface area contributed by atoms with E-state index in [1.807, 2.05) is 7.05 Å². The van der Waals surface area contributed by atoms with Gasteiger partial charge in [-0.15, -0.1) is 0 Å². The minimum Gasteiger partial charge on any atom is -0.316 e. The highest BCUT2D eigenvalue weighted by Gasteiger charge is 2.15. The number of nitrogens with one attached hydrogen (secondary N) is 1. The summed E-state index contributed by atoms with van der Waals surface area (Å²) in [5.74, 6) is 0.602. The Bertz CT molecular complexity index is 391. The molecule has 1 aromatic rings. The molecule has 1 aliphatic rings. The van der Waals surface area contributed by atoms with Crippen molar-refractivity contribution in [3.8, 4) is 0 Å². The second kappa shape index (κ2) is 6.50. The van der Waals surface area contributed by atoms with Gasteiger partial charge in [0.1, 0.15) is 5.82 Å². The fourth-order valence-electron chi connectivity index (χ4n) is 2.40. The Morgan fingerprint density at radius 2 is 2.33 bits per heavy atom. The molecule has 0 aromatic heterocycles. The summed E-state index contributed by atoms with van der Waals surface area (Å²) in [6.45, 7) is 3.88. The summed E-state index contributed by atoms with van der Waals surface area (Å²) < 4.78 is 13.6. The SMILES string of the molecule is CN(CCC1CCNC1)Cc1cc(Cl)ccc1F. The van der Waals surface area contributed by atoms with Crippen molar-refractivity contribution in [2.45, 2.75) is 19.4 Å². The molecule has 1 fully saturated rings. The van der Waals surface area contributed by atoms with Crippen LogP contribution in [0.4, 0.5) is 4.39 Å². The fraction of sp³-hybridized carbons (Fsp3) is 0.571. The summed E-state index contributed by atoms with van der Waals surface area (Å²) in [6.07, 6.45) is 2.44. The van der Waals surface area contributed by atoms with E-state index in [1.54, 1.807) is 12.1 Å². The van der Waals surface area contributed by atoms with Gasteiger partial charge in [0.15, 0.2) is 0 Å². The average molecular weight is 271 g/mol. The van der Waals surface area contributed by atoms with E-state index in [9.17, 15) is 4.39 Å². The van der Waals surface area contributed by atoms with Crippen molar-refractivity contribution in [1.82, 2.24) is 10.2 Å². The summed E-state index contributed by atoms with van der Waals surface area (Å²) in [6, 6.07) is 4.74. The topological polar surface area (TPSA) is 15.3 Å². The van der Waals surface area contributed by atoms with Gasteiger partial charge >= 0.3 is 0 Å². The van der Waals surface area contributed by atoms with E-state index < -0.39 is 0 Å². The zero-order chi connectivity index (χ0) is 13.0. The van der Waals surface area contributed by atoms with E-state index in [4.69, 9.17) is 11.6 Å². The van der Waals surface area contributed by atoms with Crippen molar-refractivity contribution in [3.63, 3.8) is 0 Å². The van der Waals surface area contributed by atoms with Crippen LogP contribution in [0.15, 0.2) is 18.2 Å². The first-order valence-corrected chi connectivity index (χ1v) is 6.86. The summed E-state index contributed by atoms with van der Waals surface area (Å²) >= 11 is 5.89. The van der Waals surface area contributed by atoms with Crippen LogP contribution in [0.2, 0.25) is 5.02 Å². The maximum absolute atomic E-state index is 13.6. The van der Waals surface area contributed by atoms with E-state index in [-0.39, 0.29) is 5.82 Å². The highest BCUT2D eigenvalue weighted by Crippen LogP contribution is 2.17. The molecule has 1 atom stereocenters. The Balaban J connectivity index is 1.82. The van der Waals surface area contributed by atoms with Gasteiger partial charge in [0.2, 0.25) is 0 Å². The lowest BCUT2D eigenvalue weighted by molar-refractivity contribution is 0.294. The first-order valence-electron chi connectivity index (χ1n) is 6.48. The van der Waals surface area contributed by atoms with Gasteiger partial charge in [-0.25, -0.2) is 4.39 Å². The molecule has 1 N–H and O–H groups in total. The van der Waals surface area contributed by atoms with Gasteiger partial charge in [0, 0.05) is 17.1 Å². The zero-order valence-electron chi connectivity index (χ0n) is 10.8. The van der Waals surface area contributed by atoms with Crippen LogP contribution in [0.3, 0.4) is 0 Å². The van der Waals surface area contributed by atoms with Crippen molar-refractivity contribution >= 4 is 11.6 Å². The van der Waals surface area contributed by atoms with E-state index in [0.717, 1.165) is 25.6 Å². The maximum Gasteiger partial charge on any atom is 0.127 e. The number of benzene rings is 1. The first kappa shape index (κ1) is 13.8. The van der Waals surface area contributed by atoms with Crippen molar-refractivity contribution in [2.24, 2.45) is 5.92 Å². The van der Waals surface area contributed by atoms with Gasteiger partial charge in [-0.05, 0) is 63.6 Å². The van der Waals surface area contributed by atoms with Crippen LogP contribution in [0.1, 0.15) is 18.4 Å². The molecule has 1 unspecified atom stereocenters. The lowest BCUT2D eigenvalue weighted by Crippen LogP contribution is -2.22. The van der Waals surface area contributed by atoms with Gasteiger partial charge in [-0.3, -0.25) is 0 Å². The molecule has 100 valence electrons. The van der Waals surface area contributed by atoms with E-state index in [1.165, 1.54) is 18.9 Å². The van der Waals surface area contributed by atoms with Gasteiger partial charge < -0.3 is 10.2 Å². The molecule has 4 heteroatoms. The van der Waals surface area contributed by atoms with Crippen molar-refractivity contribution in [1.29, 1.82) is 0 Å². The van der Waals surface area contributed by atoms with Crippen molar-refractivity contribution < 1.29 is 4.39 Å². The van der Waals surface area contributed by atoms with Crippen molar-refractivity contribution in [2.75, 3.05) is 26.7 Å². The molecule has 1 aliphatic heterocycles. The molecule has 0 amide bonds. The molecule has 1 heterocycles. The molecule has 0 radical (unpaired) electrons. The van der Waals surface area contributed by atoms with Gasteiger partial charge in [0.05, 0.1) is 0 Å². The third-order valence-electron chi connectivity index (χ3n) is 3.53.